The van der Waals surface area contributed by atoms with Crippen LogP contribution in [0.2, 0.25) is 0 Å². The molecule has 2 aromatic rings. The number of carbonyl (C=O) groups is 1. The maximum Gasteiger partial charge on any atom is 0.254 e. The number of aliphatic hydroxyl groups excluding tert-OH is 1. The summed E-state index contributed by atoms with van der Waals surface area (Å²) >= 11 is 0. The SMILES string of the molecule is Cc1cn2ccc(C(=O)N3CCC(O)CC(C)(C)C3)cc2n1. The topological polar surface area (TPSA) is 57.8 Å². The van der Waals surface area contributed by atoms with Gasteiger partial charge in [0.25, 0.3) is 5.91 Å². The van der Waals surface area contributed by atoms with Gasteiger partial charge in [0.15, 0.2) is 0 Å². The number of hydrogen-bond acceptors (Lipinski definition) is 3. The van der Waals surface area contributed by atoms with Crippen molar-refractivity contribution < 1.29 is 9.90 Å². The lowest BCUT2D eigenvalue weighted by Crippen LogP contribution is -2.37. The van der Waals surface area contributed by atoms with Crippen LogP contribution in [-0.4, -0.2) is 44.5 Å². The number of fused-ring (bicyclic) bond motifs is 1. The molecule has 1 amide bonds. The van der Waals surface area contributed by atoms with Gasteiger partial charge in [-0.1, -0.05) is 13.8 Å². The summed E-state index contributed by atoms with van der Waals surface area (Å²) in [4.78, 5) is 19.1. The first-order valence-corrected chi connectivity index (χ1v) is 7.77. The van der Waals surface area contributed by atoms with Gasteiger partial charge in [-0.15, -0.1) is 0 Å². The number of rotatable bonds is 1. The van der Waals surface area contributed by atoms with Gasteiger partial charge in [0.2, 0.25) is 0 Å². The summed E-state index contributed by atoms with van der Waals surface area (Å²) in [7, 11) is 0. The van der Waals surface area contributed by atoms with E-state index in [9.17, 15) is 9.90 Å². The second-order valence-corrected chi connectivity index (χ2v) is 7.10. The lowest BCUT2D eigenvalue weighted by atomic mass is 9.87. The molecule has 1 aliphatic heterocycles. The molecular formula is C17H23N3O2. The molecule has 0 spiro atoms. The van der Waals surface area contributed by atoms with Crippen molar-refractivity contribution in [1.29, 1.82) is 0 Å². The molecule has 1 N–H and O–H groups in total. The van der Waals surface area contributed by atoms with Gasteiger partial charge in [0.1, 0.15) is 5.65 Å². The van der Waals surface area contributed by atoms with E-state index in [4.69, 9.17) is 0 Å². The number of aliphatic hydroxyl groups is 1. The minimum atomic E-state index is -0.328. The molecule has 5 nitrogen and oxygen atoms in total. The first-order valence-electron chi connectivity index (χ1n) is 7.77. The summed E-state index contributed by atoms with van der Waals surface area (Å²) in [6, 6.07) is 3.68. The van der Waals surface area contributed by atoms with Crippen molar-refractivity contribution in [2.24, 2.45) is 5.41 Å². The van der Waals surface area contributed by atoms with Gasteiger partial charge in [-0.05, 0) is 37.3 Å². The lowest BCUT2D eigenvalue weighted by Gasteiger charge is -2.29. The summed E-state index contributed by atoms with van der Waals surface area (Å²) in [5.74, 6) is 0.0188. The van der Waals surface area contributed by atoms with Crippen LogP contribution >= 0.6 is 0 Å². The van der Waals surface area contributed by atoms with E-state index in [1.807, 2.05) is 40.8 Å². The van der Waals surface area contributed by atoms with Gasteiger partial charge in [-0.25, -0.2) is 4.98 Å². The van der Waals surface area contributed by atoms with E-state index in [0.29, 0.717) is 25.1 Å². The van der Waals surface area contributed by atoms with E-state index in [-0.39, 0.29) is 17.4 Å². The zero-order valence-electron chi connectivity index (χ0n) is 13.4. The van der Waals surface area contributed by atoms with Gasteiger partial charge in [-0.3, -0.25) is 4.79 Å². The average molecular weight is 301 g/mol. The zero-order valence-corrected chi connectivity index (χ0v) is 13.4. The number of nitrogens with zero attached hydrogens (tertiary/aromatic N) is 3. The Morgan fingerprint density at radius 1 is 1.45 bits per heavy atom. The van der Waals surface area contributed by atoms with Crippen molar-refractivity contribution >= 4 is 11.6 Å². The molecule has 1 aliphatic rings. The highest BCUT2D eigenvalue weighted by Gasteiger charge is 2.31. The van der Waals surface area contributed by atoms with Crippen molar-refractivity contribution in [2.45, 2.75) is 39.7 Å². The van der Waals surface area contributed by atoms with Gasteiger partial charge >= 0.3 is 0 Å². The summed E-state index contributed by atoms with van der Waals surface area (Å²) < 4.78 is 1.92. The molecular weight excluding hydrogens is 278 g/mol. The number of pyridine rings is 1. The number of aryl methyl sites for hydroxylation is 1. The summed E-state index contributed by atoms with van der Waals surface area (Å²) in [6.07, 6.45) is 4.86. The van der Waals surface area contributed by atoms with Gasteiger partial charge in [-0.2, -0.15) is 0 Å². The molecule has 3 heterocycles. The normalized spacial score (nSPS) is 21.8. The van der Waals surface area contributed by atoms with Crippen LogP contribution in [-0.2, 0) is 0 Å². The summed E-state index contributed by atoms with van der Waals surface area (Å²) in [6.45, 7) is 7.41. The fourth-order valence-corrected chi connectivity index (χ4v) is 3.30. The number of hydrogen-bond donors (Lipinski definition) is 1. The molecule has 1 saturated heterocycles. The highest BCUT2D eigenvalue weighted by molar-refractivity contribution is 5.95. The smallest absolute Gasteiger partial charge is 0.254 e. The molecule has 0 radical (unpaired) electrons. The van der Waals surface area contributed by atoms with Gasteiger partial charge < -0.3 is 14.4 Å². The second-order valence-electron chi connectivity index (χ2n) is 7.10. The Bertz CT molecular complexity index is 705. The quantitative estimate of drug-likeness (QED) is 0.879. The van der Waals surface area contributed by atoms with Crippen LogP contribution in [0.1, 0.15) is 42.7 Å². The molecule has 118 valence electrons. The fourth-order valence-electron chi connectivity index (χ4n) is 3.30. The van der Waals surface area contributed by atoms with Crippen molar-refractivity contribution in [1.82, 2.24) is 14.3 Å². The molecule has 3 rings (SSSR count). The van der Waals surface area contributed by atoms with E-state index in [1.54, 1.807) is 0 Å². The van der Waals surface area contributed by atoms with Crippen molar-refractivity contribution in [2.75, 3.05) is 13.1 Å². The van der Waals surface area contributed by atoms with E-state index < -0.39 is 0 Å². The highest BCUT2D eigenvalue weighted by atomic mass is 16.3. The third-order valence-corrected chi connectivity index (χ3v) is 4.25. The maximum atomic E-state index is 12.8. The molecule has 1 atom stereocenters. The first-order chi connectivity index (χ1) is 10.3. The van der Waals surface area contributed by atoms with Crippen LogP contribution in [0.3, 0.4) is 0 Å². The third-order valence-electron chi connectivity index (χ3n) is 4.25. The Balaban J connectivity index is 1.87. The molecule has 0 saturated carbocycles. The Hall–Kier alpha value is -1.88. The second kappa shape index (κ2) is 5.39. The standard InChI is InChI=1S/C17H23N3O2/c1-12-10-19-6-4-13(8-15(19)18-12)16(22)20-7-5-14(21)9-17(2,3)11-20/h4,6,8,10,14,21H,5,7,9,11H2,1-3H3. The molecule has 2 aromatic heterocycles. The van der Waals surface area contributed by atoms with Crippen LogP contribution < -0.4 is 0 Å². The van der Waals surface area contributed by atoms with Gasteiger partial charge in [0.05, 0.1) is 11.8 Å². The number of imidazole rings is 1. The van der Waals surface area contributed by atoms with Gasteiger partial charge in [0, 0.05) is 31.0 Å². The van der Waals surface area contributed by atoms with Crippen molar-refractivity contribution in [3.8, 4) is 0 Å². The average Bonchev–Trinajstić information content (AvgIpc) is 2.73. The third kappa shape index (κ3) is 2.99. The summed E-state index contributed by atoms with van der Waals surface area (Å²) in [5.41, 5.74) is 2.31. The first kappa shape index (κ1) is 15.0. The van der Waals surface area contributed by atoms with E-state index in [1.165, 1.54) is 0 Å². The predicted molar refractivity (Wildman–Crippen MR) is 84.9 cm³/mol. The Morgan fingerprint density at radius 2 is 2.23 bits per heavy atom. The van der Waals surface area contributed by atoms with E-state index in [2.05, 4.69) is 18.8 Å². The predicted octanol–water partition coefficient (Wildman–Crippen LogP) is 2.27. The van der Waals surface area contributed by atoms with E-state index in [0.717, 1.165) is 17.8 Å². The number of amides is 1. The Labute approximate surface area is 130 Å². The molecule has 0 aliphatic carbocycles. The molecule has 22 heavy (non-hydrogen) atoms. The molecule has 5 heteroatoms. The molecule has 1 unspecified atom stereocenters. The largest absolute Gasteiger partial charge is 0.393 e. The van der Waals surface area contributed by atoms with E-state index >= 15 is 0 Å². The molecule has 1 fully saturated rings. The van der Waals surface area contributed by atoms with Crippen molar-refractivity contribution in [3.63, 3.8) is 0 Å². The van der Waals surface area contributed by atoms with Crippen LogP contribution in [0, 0.1) is 12.3 Å². The number of carbonyl (C=O) groups excluding carboxylic acids is 1. The minimum Gasteiger partial charge on any atom is -0.393 e. The van der Waals surface area contributed by atoms with Crippen molar-refractivity contribution in [3.05, 3.63) is 35.8 Å². The van der Waals surface area contributed by atoms with Crippen LogP contribution in [0.4, 0.5) is 0 Å². The minimum absolute atomic E-state index is 0.0188. The van der Waals surface area contributed by atoms with Crippen LogP contribution in [0.5, 0.6) is 0 Å². The van der Waals surface area contributed by atoms with Crippen LogP contribution in [0.15, 0.2) is 24.5 Å². The molecule has 0 bridgehead atoms. The van der Waals surface area contributed by atoms with Crippen LogP contribution in [0.25, 0.3) is 5.65 Å². The zero-order chi connectivity index (χ0) is 15.9. The Kier molecular flexibility index (Phi) is 3.68. The maximum absolute atomic E-state index is 12.8. The fraction of sp³-hybridized carbons (Fsp3) is 0.529. The number of aromatic nitrogens is 2. The highest BCUT2D eigenvalue weighted by Crippen LogP contribution is 2.29. The molecule has 0 aromatic carbocycles. The summed E-state index contributed by atoms with van der Waals surface area (Å²) in [5, 5.41) is 9.99. The number of likely N-dealkylation sites (tertiary alicyclic amines) is 1. The lowest BCUT2D eigenvalue weighted by molar-refractivity contribution is 0.0705. The monoisotopic (exact) mass is 301 g/mol. The Morgan fingerprint density at radius 3 is 3.00 bits per heavy atom.